The Hall–Kier alpha value is -0.0100. The molecule has 0 aromatic heterocycles. The predicted octanol–water partition coefficient (Wildman–Crippen LogP) is 4.61. The normalized spacial score (nSPS) is 15.2. The molecule has 1 aromatic rings. The van der Waals surface area contributed by atoms with Crippen LogP contribution >= 0.6 is 27.5 Å². The van der Waals surface area contributed by atoms with Gasteiger partial charge in [-0.1, -0.05) is 53.5 Å². The number of hydrogen-bond donors (Lipinski definition) is 0. The van der Waals surface area contributed by atoms with Crippen molar-refractivity contribution in [3.05, 3.63) is 34.3 Å². The standard InChI is InChI=1S/C12H16BrCl/c1-8-4-5-11(12(14)6-8)7-9(2)10(3)13/h4-6,9-10H,7H2,1-3H3. The van der Waals surface area contributed by atoms with Gasteiger partial charge in [-0.05, 0) is 36.5 Å². The zero-order valence-electron chi connectivity index (χ0n) is 8.85. The van der Waals surface area contributed by atoms with Gasteiger partial charge in [0.1, 0.15) is 0 Å². The van der Waals surface area contributed by atoms with Crippen LogP contribution in [0.3, 0.4) is 0 Å². The lowest BCUT2D eigenvalue weighted by molar-refractivity contribution is 0.581. The van der Waals surface area contributed by atoms with Gasteiger partial charge in [0.05, 0.1) is 0 Å². The van der Waals surface area contributed by atoms with Crippen LogP contribution < -0.4 is 0 Å². The molecule has 0 aliphatic carbocycles. The Morgan fingerprint density at radius 1 is 1.36 bits per heavy atom. The fraction of sp³-hybridized carbons (Fsp3) is 0.500. The number of halogens is 2. The number of rotatable bonds is 3. The van der Waals surface area contributed by atoms with Crippen LogP contribution in [0.2, 0.25) is 5.02 Å². The molecule has 0 radical (unpaired) electrons. The van der Waals surface area contributed by atoms with Crippen molar-refractivity contribution in [3.63, 3.8) is 0 Å². The van der Waals surface area contributed by atoms with Gasteiger partial charge in [0, 0.05) is 9.85 Å². The van der Waals surface area contributed by atoms with E-state index in [1.807, 2.05) is 6.07 Å². The fourth-order valence-electron chi connectivity index (χ4n) is 1.33. The molecule has 0 saturated heterocycles. The van der Waals surface area contributed by atoms with Gasteiger partial charge in [0.15, 0.2) is 0 Å². The van der Waals surface area contributed by atoms with Crippen molar-refractivity contribution in [1.29, 1.82) is 0 Å². The molecule has 1 aromatic carbocycles. The minimum Gasteiger partial charge on any atom is -0.0891 e. The van der Waals surface area contributed by atoms with Crippen LogP contribution in [0.5, 0.6) is 0 Å². The molecule has 0 aliphatic rings. The Morgan fingerprint density at radius 2 is 2.00 bits per heavy atom. The molecular formula is C12H16BrCl. The molecule has 0 amide bonds. The highest BCUT2D eigenvalue weighted by molar-refractivity contribution is 9.09. The molecule has 0 nitrogen and oxygen atoms in total. The highest BCUT2D eigenvalue weighted by Crippen LogP contribution is 2.23. The summed E-state index contributed by atoms with van der Waals surface area (Å²) >= 11 is 9.76. The molecule has 0 bridgehead atoms. The first-order valence-electron chi connectivity index (χ1n) is 4.90. The third-order valence-electron chi connectivity index (χ3n) is 2.53. The lowest BCUT2D eigenvalue weighted by atomic mass is 9.98. The summed E-state index contributed by atoms with van der Waals surface area (Å²) in [6.45, 7) is 6.47. The Kier molecular flexibility index (Phi) is 4.46. The van der Waals surface area contributed by atoms with E-state index in [2.05, 4.69) is 48.8 Å². The van der Waals surface area contributed by atoms with Gasteiger partial charge in [-0.2, -0.15) is 0 Å². The molecule has 0 heterocycles. The maximum Gasteiger partial charge on any atom is 0.0440 e. The van der Waals surface area contributed by atoms with E-state index >= 15 is 0 Å². The molecule has 14 heavy (non-hydrogen) atoms. The fourth-order valence-corrected chi connectivity index (χ4v) is 1.83. The summed E-state index contributed by atoms with van der Waals surface area (Å²) in [5.74, 6) is 0.607. The van der Waals surface area contributed by atoms with Crippen molar-refractivity contribution in [2.45, 2.75) is 32.0 Å². The third-order valence-corrected chi connectivity index (χ3v) is 3.79. The van der Waals surface area contributed by atoms with E-state index in [4.69, 9.17) is 11.6 Å². The van der Waals surface area contributed by atoms with Crippen LogP contribution in [-0.4, -0.2) is 4.83 Å². The number of alkyl halides is 1. The van der Waals surface area contributed by atoms with Gasteiger partial charge in [-0.3, -0.25) is 0 Å². The Balaban J connectivity index is 2.77. The van der Waals surface area contributed by atoms with Crippen molar-refractivity contribution in [2.75, 3.05) is 0 Å². The SMILES string of the molecule is Cc1ccc(CC(C)C(C)Br)c(Cl)c1. The van der Waals surface area contributed by atoms with Gasteiger partial charge >= 0.3 is 0 Å². The number of aryl methyl sites for hydroxylation is 1. The average molecular weight is 276 g/mol. The van der Waals surface area contributed by atoms with Crippen LogP contribution in [0.4, 0.5) is 0 Å². The van der Waals surface area contributed by atoms with E-state index in [0.29, 0.717) is 10.7 Å². The molecular weight excluding hydrogens is 259 g/mol. The van der Waals surface area contributed by atoms with Gasteiger partial charge in [-0.25, -0.2) is 0 Å². The molecule has 0 aliphatic heterocycles. The minimum atomic E-state index is 0.528. The summed E-state index contributed by atoms with van der Waals surface area (Å²) in [5.41, 5.74) is 2.47. The van der Waals surface area contributed by atoms with E-state index < -0.39 is 0 Å². The zero-order chi connectivity index (χ0) is 10.7. The van der Waals surface area contributed by atoms with E-state index in [1.165, 1.54) is 11.1 Å². The highest BCUT2D eigenvalue weighted by atomic mass is 79.9. The molecule has 78 valence electrons. The summed E-state index contributed by atoms with van der Waals surface area (Å²) < 4.78 is 0. The third kappa shape index (κ3) is 3.29. The first-order valence-corrected chi connectivity index (χ1v) is 6.19. The highest BCUT2D eigenvalue weighted by Gasteiger charge is 2.11. The molecule has 2 heteroatoms. The summed E-state index contributed by atoms with van der Waals surface area (Å²) in [6, 6.07) is 6.28. The maximum absolute atomic E-state index is 6.16. The Labute approximate surface area is 99.8 Å². The molecule has 2 atom stereocenters. The van der Waals surface area contributed by atoms with Gasteiger partial charge < -0.3 is 0 Å². The molecule has 0 fully saturated rings. The first kappa shape index (κ1) is 12.1. The number of benzene rings is 1. The molecule has 0 saturated carbocycles. The van der Waals surface area contributed by atoms with E-state index in [1.54, 1.807) is 0 Å². The first-order chi connectivity index (χ1) is 6.50. The van der Waals surface area contributed by atoms with Gasteiger partial charge in [0.25, 0.3) is 0 Å². The summed E-state index contributed by atoms with van der Waals surface area (Å²) in [5, 5.41) is 0.894. The molecule has 0 spiro atoms. The predicted molar refractivity (Wildman–Crippen MR) is 67.4 cm³/mol. The summed E-state index contributed by atoms with van der Waals surface area (Å²) in [7, 11) is 0. The van der Waals surface area contributed by atoms with Crippen molar-refractivity contribution in [3.8, 4) is 0 Å². The second kappa shape index (κ2) is 5.18. The van der Waals surface area contributed by atoms with Crippen LogP contribution in [0, 0.1) is 12.8 Å². The van der Waals surface area contributed by atoms with Crippen LogP contribution in [0.15, 0.2) is 18.2 Å². The second-order valence-corrected chi connectivity index (χ2v) is 5.81. The minimum absolute atomic E-state index is 0.528. The number of hydrogen-bond acceptors (Lipinski definition) is 0. The smallest absolute Gasteiger partial charge is 0.0440 e. The van der Waals surface area contributed by atoms with Gasteiger partial charge in [-0.15, -0.1) is 0 Å². The summed E-state index contributed by atoms with van der Waals surface area (Å²) in [4.78, 5) is 0.528. The quantitative estimate of drug-likeness (QED) is 0.707. The Morgan fingerprint density at radius 3 is 2.50 bits per heavy atom. The monoisotopic (exact) mass is 274 g/mol. The van der Waals surface area contributed by atoms with E-state index in [-0.39, 0.29) is 0 Å². The zero-order valence-corrected chi connectivity index (χ0v) is 11.2. The maximum atomic E-state index is 6.16. The van der Waals surface area contributed by atoms with Crippen LogP contribution in [0.1, 0.15) is 25.0 Å². The van der Waals surface area contributed by atoms with E-state index in [0.717, 1.165) is 11.4 Å². The van der Waals surface area contributed by atoms with Crippen molar-refractivity contribution < 1.29 is 0 Å². The van der Waals surface area contributed by atoms with Crippen molar-refractivity contribution in [1.82, 2.24) is 0 Å². The lowest BCUT2D eigenvalue weighted by Gasteiger charge is -2.15. The Bertz CT molecular complexity index is 307. The summed E-state index contributed by atoms with van der Waals surface area (Å²) in [6.07, 6.45) is 1.03. The molecule has 2 unspecified atom stereocenters. The average Bonchev–Trinajstić information content (AvgIpc) is 2.09. The molecule has 1 rings (SSSR count). The second-order valence-electron chi connectivity index (χ2n) is 3.95. The lowest BCUT2D eigenvalue weighted by Crippen LogP contribution is -2.09. The topological polar surface area (TPSA) is 0 Å². The molecule has 0 N–H and O–H groups in total. The van der Waals surface area contributed by atoms with Crippen LogP contribution in [-0.2, 0) is 6.42 Å². The van der Waals surface area contributed by atoms with E-state index in [9.17, 15) is 0 Å². The van der Waals surface area contributed by atoms with Crippen molar-refractivity contribution in [2.24, 2.45) is 5.92 Å². The van der Waals surface area contributed by atoms with Gasteiger partial charge in [0.2, 0.25) is 0 Å². The largest absolute Gasteiger partial charge is 0.0891 e. The van der Waals surface area contributed by atoms with Crippen LogP contribution in [0.25, 0.3) is 0 Å². The van der Waals surface area contributed by atoms with Crippen molar-refractivity contribution >= 4 is 27.5 Å².